The summed E-state index contributed by atoms with van der Waals surface area (Å²) in [5.74, 6) is -0.975. The SMILES string of the molecule is CCCCCC(=O)CC(C)=O.CCCCCc1cc(C)c(C#N)c(=S)[nH]1.CCCCCc1cc(C)c2c(N)c(C(N)=O)sc2n1.CCO.CC[O-].NC(=O)CCl.[C-]#[N+]CC(N)=S.[Na+]. The summed E-state index contributed by atoms with van der Waals surface area (Å²) < 4.78 is 0.573. The standard InChI is InChI=1S/C14H19N3OS.C12H16N2S.C9H16O2.C3H4N2S.C2H4ClNO.C2H6O.C2H5O.Na/c1-3-4-5-6-9-7-8(2)10-11(15)12(13(16)18)19-14(10)17-9;1-3-4-5-6-10-7-9(2)11(8-13)12(15)14-10;1-3-4-5-6-9(11)7-8(2)10;1-5-2-3(4)6;3-1-2(4)5;2*1-2-3;/h7H,3-6,15H2,1-2H3,(H2,16,18);7H,3-6H2,1-2H3,(H,14,15);3-7H2,1-2H3;2H2,(H2,4,6);1H2,(H2,4,5);3H,2H2,1H3;2H2,1H3;/q;;;;;;-1;+1. The van der Waals surface area contributed by atoms with Gasteiger partial charge in [-0.2, -0.15) is 5.26 Å². The molecule has 3 heterocycles. The number of H-pyrrole nitrogens is 1. The van der Waals surface area contributed by atoms with Crippen molar-refractivity contribution >= 4 is 91.6 Å². The van der Waals surface area contributed by atoms with Crippen molar-refractivity contribution < 1.29 is 58.9 Å². The fraction of sp³-hybridized carbons (Fsp3) is 0.568. The number of anilines is 1. The minimum absolute atomic E-state index is 0. The van der Waals surface area contributed by atoms with Crippen LogP contribution in [0, 0.1) is 36.4 Å². The molecule has 14 nitrogen and oxygen atoms in total. The average Bonchev–Trinajstić information content (AvgIpc) is 3.53. The number of carbonyl (C=O) groups is 4. The van der Waals surface area contributed by atoms with Crippen LogP contribution in [-0.2, 0) is 27.2 Å². The van der Waals surface area contributed by atoms with Gasteiger partial charge in [0, 0.05) is 29.8 Å². The number of unbranched alkanes of at least 4 members (excludes halogenated alkanes) is 6. The van der Waals surface area contributed by atoms with Crippen molar-refractivity contribution in [3.8, 4) is 6.07 Å². The number of amides is 2. The van der Waals surface area contributed by atoms with Gasteiger partial charge in [0.2, 0.25) is 5.91 Å². The Bertz CT molecular complexity index is 1910. The van der Waals surface area contributed by atoms with Gasteiger partial charge in [-0.25, -0.2) is 11.6 Å². The van der Waals surface area contributed by atoms with Crippen LogP contribution in [0.5, 0.6) is 0 Å². The molecule has 3 aromatic heterocycles. The molecule has 0 aromatic carbocycles. The van der Waals surface area contributed by atoms with Gasteiger partial charge in [-0.05, 0) is 83.1 Å². The number of nitriles is 1. The summed E-state index contributed by atoms with van der Waals surface area (Å²) in [7, 11) is 0. The fourth-order valence-corrected chi connectivity index (χ4v) is 6.30. The van der Waals surface area contributed by atoms with Crippen molar-refractivity contribution in [3.63, 3.8) is 0 Å². The van der Waals surface area contributed by atoms with Crippen molar-refractivity contribution in [1.29, 1.82) is 5.26 Å². The Kier molecular flexibility index (Phi) is 49.3. The number of hydrogen-bond donors (Lipinski definition) is 6. The second-order valence-electron chi connectivity index (χ2n) is 13.4. The van der Waals surface area contributed by atoms with E-state index in [1.807, 2.05) is 19.9 Å². The molecule has 348 valence electrons. The van der Waals surface area contributed by atoms with Crippen molar-refractivity contribution in [2.24, 2.45) is 17.2 Å². The molecule has 0 radical (unpaired) electrons. The van der Waals surface area contributed by atoms with Crippen LogP contribution < -0.4 is 57.6 Å². The number of hydrogen-bond acceptors (Lipinski definition) is 12. The van der Waals surface area contributed by atoms with E-state index < -0.39 is 11.8 Å². The van der Waals surface area contributed by atoms with Crippen LogP contribution >= 0.6 is 47.4 Å². The number of aliphatic hydroxyl groups is 1. The first-order valence-corrected chi connectivity index (χ1v) is 22.7. The van der Waals surface area contributed by atoms with Crippen LogP contribution in [0.3, 0.4) is 0 Å². The van der Waals surface area contributed by atoms with Gasteiger partial charge in [0.05, 0.1) is 17.7 Å². The van der Waals surface area contributed by atoms with Crippen LogP contribution in [0.4, 0.5) is 5.69 Å². The number of primary amides is 2. The Hall–Kier alpha value is -3.36. The number of Topliss-reactive ketones (excluding diaryl/α,β-unsaturated/α-hetero) is 2. The third kappa shape index (κ3) is 37.7. The molecule has 0 aliphatic rings. The van der Waals surface area contributed by atoms with E-state index in [1.54, 1.807) is 13.8 Å². The number of carbonyl (C=O) groups excluding carboxylic acids is 4. The molecule has 0 unspecified atom stereocenters. The first-order valence-electron chi connectivity index (χ1n) is 20.5. The third-order valence-electron chi connectivity index (χ3n) is 7.53. The van der Waals surface area contributed by atoms with E-state index in [2.05, 4.69) is 65.7 Å². The largest absolute Gasteiger partial charge is 1.00 e. The van der Waals surface area contributed by atoms with Crippen LogP contribution in [0.15, 0.2) is 12.1 Å². The number of halogens is 1. The number of rotatable bonds is 17. The number of nitrogens with two attached hydrogens (primary N) is 4. The Balaban J connectivity index is -0.000000229. The Morgan fingerprint density at radius 1 is 0.968 bits per heavy atom. The van der Waals surface area contributed by atoms with Gasteiger partial charge in [-0.3, -0.25) is 19.2 Å². The van der Waals surface area contributed by atoms with E-state index in [0.717, 1.165) is 71.3 Å². The molecule has 10 N–H and O–H groups in total. The topological polar surface area (TPSA) is 272 Å². The normalized spacial score (nSPS) is 9.16. The maximum Gasteiger partial charge on any atom is 1.00 e. The number of ketones is 2. The Labute approximate surface area is 417 Å². The predicted molar refractivity (Wildman–Crippen MR) is 261 cm³/mol. The summed E-state index contributed by atoms with van der Waals surface area (Å²) in [6, 6.07) is 6.22. The first-order chi connectivity index (χ1) is 29.3. The number of nitrogens with zero attached hydrogens (tertiary/aromatic N) is 3. The molecule has 0 atom stereocenters. The number of thiocarbonyl (C=S) groups is 1. The van der Waals surface area contributed by atoms with Gasteiger partial charge in [0.15, 0.2) is 4.99 Å². The number of aliphatic hydroxyl groups excluding tert-OH is 1. The molecule has 0 aliphatic heterocycles. The van der Waals surface area contributed by atoms with Gasteiger partial charge in [-0.15, -0.1) is 29.5 Å². The fourth-order valence-electron chi connectivity index (χ4n) is 4.86. The summed E-state index contributed by atoms with van der Waals surface area (Å²) in [4.78, 5) is 54.3. The van der Waals surface area contributed by atoms with Crippen molar-refractivity contribution in [1.82, 2.24) is 9.97 Å². The van der Waals surface area contributed by atoms with E-state index in [4.69, 9.17) is 63.1 Å². The molecule has 19 heteroatoms. The van der Waals surface area contributed by atoms with Gasteiger partial charge in [0.1, 0.15) is 37.9 Å². The van der Waals surface area contributed by atoms with E-state index >= 15 is 0 Å². The number of aromatic nitrogens is 2. The Morgan fingerprint density at radius 2 is 1.46 bits per heavy atom. The van der Waals surface area contributed by atoms with E-state index in [1.165, 1.54) is 50.4 Å². The number of aromatic amines is 1. The zero-order valence-electron chi connectivity index (χ0n) is 38.9. The maximum absolute atomic E-state index is 11.3. The molecule has 0 bridgehead atoms. The minimum atomic E-state index is -0.480. The predicted octanol–water partition coefficient (Wildman–Crippen LogP) is 5.06. The summed E-state index contributed by atoms with van der Waals surface area (Å²) in [6.45, 7) is 21.7. The van der Waals surface area contributed by atoms with Crippen LogP contribution in [-0.4, -0.2) is 69.1 Å². The summed E-state index contributed by atoms with van der Waals surface area (Å²) in [5, 5.41) is 26.2. The zero-order chi connectivity index (χ0) is 48.6. The number of nitrogens with one attached hydrogen (secondary N) is 1. The summed E-state index contributed by atoms with van der Waals surface area (Å²) in [5.41, 5.74) is 26.1. The first kappa shape index (κ1) is 68.7. The average molecular weight is 962 g/mol. The number of nitrogen functional groups attached to an aromatic ring is 1. The second-order valence-corrected chi connectivity index (χ2v) is 15.6. The van der Waals surface area contributed by atoms with Crippen molar-refractivity contribution in [3.05, 3.63) is 61.1 Å². The van der Waals surface area contributed by atoms with Crippen LogP contribution in [0.1, 0.15) is 150 Å². The van der Waals surface area contributed by atoms with Crippen LogP contribution in [0.25, 0.3) is 15.1 Å². The summed E-state index contributed by atoms with van der Waals surface area (Å²) in [6.07, 6.45) is 13.0. The number of thiophene rings is 1. The van der Waals surface area contributed by atoms with Crippen LogP contribution in [0.2, 0.25) is 0 Å². The maximum atomic E-state index is 11.3. The molecular formula is C44H70ClN8NaO6S3. The van der Waals surface area contributed by atoms with E-state index in [0.29, 0.717) is 27.2 Å². The molecule has 0 spiro atoms. The monoisotopic (exact) mass is 960 g/mol. The molecule has 0 saturated carbocycles. The Morgan fingerprint density at radius 3 is 1.84 bits per heavy atom. The van der Waals surface area contributed by atoms with Crippen molar-refractivity contribution in [2.45, 2.75) is 139 Å². The molecule has 63 heavy (non-hydrogen) atoms. The van der Waals surface area contributed by atoms with E-state index in [9.17, 15) is 19.2 Å². The summed E-state index contributed by atoms with van der Waals surface area (Å²) >= 11 is 15.6. The molecular weight excluding hydrogens is 891 g/mol. The minimum Gasteiger partial charge on any atom is -0.855 e. The smallest absolute Gasteiger partial charge is 0.855 e. The molecule has 2 amide bonds. The van der Waals surface area contributed by atoms with Gasteiger partial charge in [0.25, 0.3) is 12.5 Å². The molecule has 0 fully saturated rings. The number of fused-ring (bicyclic) bond motifs is 1. The second kappa shape index (κ2) is 45.2. The zero-order valence-corrected chi connectivity index (χ0v) is 44.1. The van der Waals surface area contributed by atoms with Gasteiger partial charge >= 0.3 is 29.6 Å². The van der Waals surface area contributed by atoms with E-state index in [-0.39, 0.29) is 78.2 Å². The third-order valence-corrected chi connectivity index (χ3v) is 9.34. The quantitative estimate of drug-likeness (QED) is 0.0259. The van der Waals surface area contributed by atoms with Crippen molar-refractivity contribution in [2.75, 3.05) is 31.4 Å². The molecule has 3 rings (SSSR count). The molecule has 0 saturated heterocycles. The molecule has 3 aromatic rings. The number of pyridine rings is 2. The molecule has 0 aliphatic carbocycles. The number of aryl methyl sites for hydroxylation is 4. The van der Waals surface area contributed by atoms with Gasteiger partial charge < -0.3 is 43.0 Å². The van der Waals surface area contributed by atoms with Gasteiger partial charge in [-0.1, -0.05) is 90.7 Å². The number of alkyl halides is 1.